The van der Waals surface area contributed by atoms with Crippen molar-refractivity contribution in [2.75, 3.05) is 31.1 Å². The van der Waals surface area contributed by atoms with Gasteiger partial charge in [-0.15, -0.1) is 11.3 Å². The summed E-state index contributed by atoms with van der Waals surface area (Å²) in [6.07, 6.45) is 3.61. The topological polar surface area (TPSA) is 49.3 Å². The van der Waals surface area contributed by atoms with Crippen molar-refractivity contribution in [1.29, 1.82) is 0 Å². The predicted octanol–water partition coefficient (Wildman–Crippen LogP) is 4.83. The Morgan fingerprint density at radius 1 is 0.774 bits per heavy atom. The Bertz CT molecular complexity index is 1150. The molecule has 0 atom stereocenters. The summed E-state index contributed by atoms with van der Waals surface area (Å²) in [4.78, 5) is 27.5. The van der Waals surface area contributed by atoms with Gasteiger partial charge in [-0.3, -0.25) is 9.78 Å². The van der Waals surface area contributed by atoms with E-state index in [1.807, 2.05) is 77.7 Å². The molecular weight excluding hydrogens is 404 g/mol. The Labute approximate surface area is 185 Å². The van der Waals surface area contributed by atoms with E-state index in [9.17, 15) is 4.79 Å². The standard InChI is InChI=1S/C25H22N4OS/c30-25(29-17-15-28(16-18-29)21-11-13-26-14-12-21)23-22(19-7-3-1-4-8-19)27-24(31-23)20-9-5-2-6-10-20/h1-14H,15-18H2. The van der Waals surface area contributed by atoms with E-state index >= 15 is 0 Å². The quantitative estimate of drug-likeness (QED) is 0.469. The first-order chi connectivity index (χ1) is 15.3. The summed E-state index contributed by atoms with van der Waals surface area (Å²) >= 11 is 1.48. The van der Waals surface area contributed by atoms with Crippen molar-refractivity contribution >= 4 is 22.9 Å². The highest BCUT2D eigenvalue weighted by molar-refractivity contribution is 7.17. The van der Waals surface area contributed by atoms with Crippen LogP contribution in [0.3, 0.4) is 0 Å². The van der Waals surface area contributed by atoms with Crippen LogP contribution in [-0.4, -0.2) is 47.0 Å². The molecule has 0 radical (unpaired) electrons. The summed E-state index contributed by atoms with van der Waals surface area (Å²) in [7, 11) is 0. The Kier molecular flexibility index (Phi) is 5.46. The highest BCUT2D eigenvalue weighted by Crippen LogP contribution is 2.35. The lowest BCUT2D eigenvalue weighted by Crippen LogP contribution is -2.48. The Morgan fingerprint density at radius 3 is 2.03 bits per heavy atom. The number of aromatic nitrogens is 2. The van der Waals surface area contributed by atoms with Gasteiger partial charge in [0, 0.05) is 55.4 Å². The van der Waals surface area contributed by atoms with Gasteiger partial charge in [-0.25, -0.2) is 4.98 Å². The second-order valence-corrected chi connectivity index (χ2v) is 8.41. The fraction of sp³-hybridized carbons (Fsp3) is 0.160. The lowest BCUT2D eigenvalue weighted by Gasteiger charge is -2.36. The van der Waals surface area contributed by atoms with Crippen molar-refractivity contribution < 1.29 is 4.79 Å². The summed E-state index contributed by atoms with van der Waals surface area (Å²) in [5.41, 5.74) is 3.92. The molecule has 2 aromatic carbocycles. The molecule has 0 aliphatic carbocycles. The van der Waals surface area contributed by atoms with Crippen LogP contribution < -0.4 is 4.90 Å². The molecule has 0 saturated carbocycles. The highest BCUT2D eigenvalue weighted by atomic mass is 32.1. The fourth-order valence-electron chi connectivity index (χ4n) is 3.83. The average Bonchev–Trinajstić information content (AvgIpc) is 3.31. The maximum atomic E-state index is 13.5. The zero-order valence-electron chi connectivity index (χ0n) is 17.0. The Hall–Kier alpha value is -3.51. The lowest BCUT2D eigenvalue weighted by molar-refractivity contribution is 0.0752. The Morgan fingerprint density at radius 2 is 1.39 bits per heavy atom. The first-order valence-corrected chi connectivity index (χ1v) is 11.2. The van der Waals surface area contributed by atoms with Crippen LogP contribution in [0.4, 0.5) is 5.69 Å². The number of anilines is 1. The van der Waals surface area contributed by atoms with Crippen LogP contribution in [0.1, 0.15) is 9.67 Å². The molecule has 154 valence electrons. The van der Waals surface area contributed by atoms with Crippen molar-refractivity contribution in [1.82, 2.24) is 14.9 Å². The number of piperazine rings is 1. The predicted molar refractivity (Wildman–Crippen MR) is 125 cm³/mol. The lowest BCUT2D eigenvalue weighted by atomic mass is 10.1. The second kappa shape index (κ2) is 8.70. The number of carbonyl (C=O) groups is 1. The summed E-state index contributed by atoms with van der Waals surface area (Å²) in [6.45, 7) is 2.99. The molecule has 4 aromatic rings. The van der Waals surface area contributed by atoms with Crippen LogP contribution in [0.2, 0.25) is 0 Å². The zero-order valence-corrected chi connectivity index (χ0v) is 17.8. The number of carbonyl (C=O) groups excluding carboxylic acids is 1. The van der Waals surface area contributed by atoms with E-state index in [0.29, 0.717) is 18.0 Å². The molecule has 0 spiro atoms. The SMILES string of the molecule is O=C(c1sc(-c2ccccc2)nc1-c1ccccc1)N1CCN(c2ccncc2)CC1. The van der Waals surface area contributed by atoms with Crippen LogP contribution in [-0.2, 0) is 0 Å². The minimum Gasteiger partial charge on any atom is -0.368 e. The first-order valence-electron chi connectivity index (χ1n) is 10.4. The van der Waals surface area contributed by atoms with Gasteiger partial charge in [-0.1, -0.05) is 60.7 Å². The van der Waals surface area contributed by atoms with Crippen LogP contribution >= 0.6 is 11.3 Å². The largest absolute Gasteiger partial charge is 0.368 e. The van der Waals surface area contributed by atoms with Gasteiger partial charge in [0.05, 0.1) is 5.69 Å². The van der Waals surface area contributed by atoms with E-state index < -0.39 is 0 Å². The van der Waals surface area contributed by atoms with Crippen molar-refractivity contribution in [3.8, 4) is 21.8 Å². The van der Waals surface area contributed by atoms with Crippen LogP contribution in [0.5, 0.6) is 0 Å². The maximum absolute atomic E-state index is 13.5. The molecule has 6 heteroatoms. The van der Waals surface area contributed by atoms with Gasteiger partial charge in [-0.2, -0.15) is 0 Å². The van der Waals surface area contributed by atoms with Gasteiger partial charge in [0.1, 0.15) is 9.88 Å². The number of rotatable bonds is 4. The number of amides is 1. The first kappa shape index (κ1) is 19.5. The smallest absolute Gasteiger partial charge is 0.266 e. The van der Waals surface area contributed by atoms with E-state index in [1.165, 1.54) is 11.3 Å². The minimum atomic E-state index is 0.0629. The van der Waals surface area contributed by atoms with E-state index in [0.717, 1.165) is 40.6 Å². The Balaban J connectivity index is 1.42. The van der Waals surface area contributed by atoms with Crippen molar-refractivity contribution in [3.05, 3.63) is 90.1 Å². The van der Waals surface area contributed by atoms with Crippen molar-refractivity contribution in [2.24, 2.45) is 0 Å². The molecule has 1 aliphatic heterocycles. The monoisotopic (exact) mass is 426 g/mol. The van der Waals surface area contributed by atoms with E-state index in [4.69, 9.17) is 4.98 Å². The van der Waals surface area contributed by atoms with Crippen LogP contribution in [0.15, 0.2) is 85.2 Å². The summed E-state index contributed by atoms with van der Waals surface area (Å²) in [5.74, 6) is 0.0629. The molecule has 31 heavy (non-hydrogen) atoms. The molecule has 5 nitrogen and oxygen atoms in total. The van der Waals surface area contributed by atoms with Gasteiger partial charge in [0.25, 0.3) is 5.91 Å². The number of hydrogen-bond donors (Lipinski definition) is 0. The molecule has 0 bridgehead atoms. The molecule has 1 fully saturated rings. The third kappa shape index (κ3) is 4.07. The second-order valence-electron chi connectivity index (χ2n) is 7.41. The number of nitrogens with zero attached hydrogens (tertiary/aromatic N) is 4. The minimum absolute atomic E-state index is 0.0629. The van der Waals surface area contributed by atoms with Gasteiger partial charge in [0.2, 0.25) is 0 Å². The van der Waals surface area contributed by atoms with Crippen LogP contribution in [0.25, 0.3) is 21.8 Å². The molecule has 5 rings (SSSR count). The third-order valence-electron chi connectivity index (χ3n) is 5.48. The third-order valence-corrected chi connectivity index (χ3v) is 6.58. The zero-order chi connectivity index (χ0) is 21.0. The number of thiazole rings is 1. The summed E-state index contributed by atoms with van der Waals surface area (Å²) < 4.78 is 0. The maximum Gasteiger partial charge on any atom is 0.266 e. The molecule has 1 amide bonds. The molecule has 0 N–H and O–H groups in total. The van der Waals surface area contributed by atoms with Crippen molar-refractivity contribution in [2.45, 2.75) is 0 Å². The van der Waals surface area contributed by atoms with E-state index in [-0.39, 0.29) is 5.91 Å². The number of pyridine rings is 1. The molecule has 1 saturated heterocycles. The molecule has 1 aliphatic rings. The molecule has 3 heterocycles. The van der Waals surface area contributed by atoms with Gasteiger partial charge >= 0.3 is 0 Å². The highest BCUT2D eigenvalue weighted by Gasteiger charge is 2.27. The molecule has 2 aromatic heterocycles. The fourth-order valence-corrected chi connectivity index (χ4v) is 4.89. The van der Waals surface area contributed by atoms with Crippen molar-refractivity contribution in [3.63, 3.8) is 0 Å². The van der Waals surface area contributed by atoms with Gasteiger partial charge in [0.15, 0.2) is 0 Å². The molecular formula is C25H22N4OS. The normalized spacial score (nSPS) is 13.9. The van der Waals surface area contributed by atoms with E-state index in [2.05, 4.69) is 9.88 Å². The average molecular weight is 427 g/mol. The van der Waals surface area contributed by atoms with Gasteiger partial charge in [-0.05, 0) is 12.1 Å². The summed E-state index contributed by atoms with van der Waals surface area (Å²) in [5, 5.41) is 0.873. The number of benzene rings is 2. The summed E-state index contributed by atoms with van der Waals surface area (Å²) in [6, 6.07) is 24.1. The number of hydrogen-bond acceptors (Lipinski definition) is 5. The van der Waals surface area contributed by atoms with Crippen LogP contribution in [0, 0.1) is 0 Å². The molecule has 0 unspecified atom stereocenters. The van der Waals surface area contributed by atoms with Gasteiger partial charge < -0.3 is 9.80 Å². The van der Waals surface area contributed by atoms with E-state index in [1.54, 1.807) is 12.4 Å².